The van der Waals surface area contributed by atoms with Crippen LogP contribution >= 0.6 is 0 Å². The van der Waals surface area contributed by atoms with Gasteiger partial charge in [-0.1, -0.05) is 0 Å². The summed E-state index contributed by atoms with van der Waals surface area (Å²) in [5.74, 6) is 0. The van der Waals surface area contributed by atoms with E-state index in [-0.39, 0.29) is 0 Å². The van der Waals surface area contributed by atoms with E-state index in [1.165, 1.54) is 12.8 Å². The number of methoxy groups -OCH3 is 1. The van der Waals surface area contributed by atoms with Crippen LogP contribution in [0.2, 0.25) is 0 Å². The van der Waals surface area contributed by atoms with E-state index in [2.05, 4.69) is 29.1 Å². The number of hydrogen-bond donors (Lipinski definition) is 0. The van der Waals surface area contributed by atoms with E-state index < -0.39 is 0 Å². The summed E-state index contributed by atoms with van der Waals surface area (Å²) in [4.78, 5) is 0. The zero-order valence-electron chi connectivity index (χ0n) is 6.79. The normalized spacial score (nSPS) is 20.1. The van der Waals surface area contributed by atoms with Crippen molar-refractivity contribution >= 4 is 0 Å². The maximum atomic E-state index is 5.17. The van der Waals surface area contributed by atoms with Gasteiger partial charge in [-0.25, -0.2) is 0 Å². The molecule has 0 unspecified atom stereocenters. The summed E-state index contributed by atoms with van der Waals surface area (Å²) < 4.78 is 7.43. The second-order valence-electron chi connectivity index (χ2n) is 3.25. The van der Waals surface area contributed by atoms with Crippen LogP contribution in [0.5, 0.6) is 0 Å². The minimum Gasteiger partial charge on any atom is -0.382 e. The number of aromatic nitrogens is 1. The highest BCUT2D eigenvalue weighted by Gasteiger charge is 2.43. The standard InChI is InChI=1S/C9H13NO/c1-11-8-9(4-5-9)10-6-2-3-7-10/h2-3,6-7H,4-5,8H2,1H3. The molecule has 2 rings (SSSR count). The van der Waals surface area contributed by atoms with E-state index in [9.17, 15) is 0 Å². The number of rotatable bonds is 3. The fraction of sp³-hybridized carbons (Fsp3) is 0.556. The summed E-state index contributed by atoms with van der Waals surface area (Å²) in [6.07, 6.45) is 6.75. The van der Waals surface area contributed by atoms with Crippen LogP contribution in [0.15, 0.2) is 24.5 Å². The maximum Gasteiger partial charge on any atom is 0.0698 e. The minimum absolute atomic E-state index is 0.318. The zero-order valence-corrected chi connectivity index (χ0v) is 6.79. The molecule has 11 heavy (non-hydrogen) atoms. The number of hydrogen-bond acceptors (Lipinski definition) is 1. The van der Waals surface area contributed by atoms with Gasteiger partial charge in [-0.15, -0.1) is 0 Å². The van der Waals surface area contributed by atoms with Crippen LogP contribution in [0, 0.1) is 0 Å². The molecular weight excluding hydrogens is 138 g/mol. The number of ether oxygens (including phenoxy) is 1. The largest absolute Gasteiger partial charge is 0.382 e. The third-order valence-electron chi connectivity index (χ3n) is 2.39. The Balaban J connectivity index is 2.15. The first-order valence-electron chi connectivity index (χ1n) is 4.00. The highest BCUT2D eigenvalue weighted by Crippen LogP contribution is 2.43. The second-order valence-corrected chi connectivity index (χ2v) is 3.25. The van der Waals surface area contributed by atoms with Crippen LogP contribution in [0.25, 0.3) is 0 Å². The van der Waals surface area contributed by atoms with Crippen molar-refractivity contribution in [2.75, 3.05) is 13.7 Å². The molecule has 1 aliphatic rings. The van der Waals surface area contributed by atoms with Gasteiger partial charge in [0.2, 0.25) is 0 Å². The Morgan fingerprint density at radius 2 is 2.00 bits per heavy atom. The van der Waals surface area contributed by atoms with Gasteiger partial charge in [-0.3, -0.25) is 0 Å². The van der Waals surface area contributed by atoms with Gasteiger partial charge in [0, 0.05) is 19.5 Å². The Morgan fingerprint density at radius 3 is 2.45 bits per heavy atom. The highest BCUT2D eigenvalue weighted by atomic mass is 16.5. The molecule has 0 saturated heterocycles. The van der Waals surface area contributed by atoms with Crippen molar-refractivity contribution in [3.63, 3.8) is 0 Å². The summed E-state index contributed by atoms with van der Waals surface area (Å²) in [6.45, 7) is 0.849. The van der Waals surface area contributed by atoms with E-state index in [1.54, 1.807) is 7.11 Å². The van der Waals surface area contributed by atoms with Gasteiger partial charge in [0.15, 0.2) is 0 Å². The van der Waals surface area contributed by atoms with Crippen LogP contribution in [-0.2, 0) is 10.3 Å². The Bertz CT molecular complexity index is 224. The average molecular weight is 151 g/mol. The Labute approximate surface area is 66.8 Å². The van der Waals surface area contributed by atoms with Crippen molar-refractivity contribution in [3.05, 3.63) is 24.5 Å². The zero-order chi connectivity index (χ0) is 7.73. The van der Waals surface area contributed by atoms with Crippen molar-refractivity contribution < 1.29 is 4.74 Å². The molecule has 60 valence electrons. The molecule has 1 aromatic rings. The molecule has 0 aliphatic heterocycles. The molecule has 1 saturated carbocycles. The lowest BCUT2D eigenvalue weighted by Gasteiger charge is -2.15. The molecule has 1 aromatic heterocycles. The van der Waals surface area contributed by atoms with Crippen LogP contribution in [-0.4, -0.2) is 18.3 Å². The van der Waals surface area contributed by atoms with E-state index in [4.69, 9.17) is 4.74 Å². The molecule has 2 heteroatoms. The molecule has 2 nitrogen and oxygen atoms in total. The average Bonchev–Trinajstić information content (AvgIpc) is 2.63. The van der Waals surface area contributed by atoms with Crippen molar-refractivity contribution in [1.82, 2.24) is 4.57 Å². The molecule has 0 aromatic carbocycles. The predicted octanol–water partition coefficient (Wildman–Crippen LogP) is 1.62. The van der Waals surface area contributed by atoms with Crippen molar-refractivity contribution in [2.24, 2.45) is 0 Å². The molecule has 0 N–H and O–H groups in total. The van der Waals surface area contributed by atoms with Gasteiger partial charge < -0.3 is 9.30 Å². The van der Waals surface area contributed by atoms with E-state index in [0.29, 0.717) is 5.54 Å². The first kappa shape index (κ1) is 6.92. The van der Waals surface area contributed by atoms with Crippen molar-refractivity contribution in [1.29, 1.82) is 0 Å². The van der Waals surface area contributed by atoms with Crippen molar-refractivity contribution in [2.45, 2.75) is 18.4 Å². The first-order valence-corrected chi connectivity index (χ1v) is 4.00. The molecule has 0 amide bonds. The van der Waals surface area contributed by atoms with Gasteiger partial charge in [0.25, 0.3) is 0 Å². The van der Waals surface area contributed by atoms with Crippen LogP contribution in [0.4, 0.5) is 0 Å². The summed E-state index contributed by atoms with van der Waals surface area (Å²) in [6, 6.07) is 4.13. The van der Waals surface area contributed by atoms with E-state index in [0.717, 1.165) is 6.61 Å². The lowest BCUT2D eigenvalue weighted by atomic mass is 10.3. The Morgan fingerprint density at radius 1 is 1.36 bits per heavy atom. The van der Waals surface area contributed by atoms with Gasteiger partial charge in [-0.05, 0) is 25.0 Å². The smallest absolute Gasteiger partial charge is 0.0698 e. The third kappa shape index (κ3) is 1.07. The minimum atomic E-state index is 0.318. The third-order valence-corrected chi connectivity index (χ3v) is 2.39. The molecule has 0 radical (unpaired) electrons. The van der Waals surface area contributed by atoms with Gasteiger partial charge >= 0.3 is 0 Å². The highest BCUT2D eigenvalue weighted by molar-refractivity contribution is 5.06. The quantitative estimate of drug-likeness (QED) is 0.640. The molecular formula is C9H13NO. The van der Waals surface area contributed by atoms with Crippen molar-refractivity contribution in [3.8, 4) is 0 Å². The molecule has 1 fully saturated rings. The Hall–Kier alpha value is -0.760. The second kappa shape index (κ2) is 2.38. The Kier molecular flexibility index (Phi) is 1.50. The molecule has 1 aliphatic carbocycles. The SMILES string of the molecule is COCC1(n2cccc2)CC1. The predicted molar refractivity (Wildman–Crippen MR) is 43.5 cm³/mol. The fourth-order valence-corrected chi connectivity index (χ4v) is 1.54. The molecule has 0 spiro atoms. The first-order chi connectivity index (χ1) is 5.37. The topological polar surface area (TPSA) is 14.2 Å². The summed E-state index contributed by atoms with van der Waals surface area (Å²) in [7, 11) is 1.77. The molecule has 1 heterocycles. The summed E-state index contributed by atoms with van der Waals surface area (Å²) in [5.41, 5.74) is 0.318. The lowest BCUT2D eigenvalue weighted by Crippen LogP contribution is -2.20. The van der Waals surface area contributed by atoms with Gasteiger partial charge in [0.05, 0.1) is 12.1 Å². The summed E-state index contributed by atoms with van der Waals surface area (Å²) in [5, 5.41) is 0. The van der Waals surface area contributed by atoms with Crippen LogP contribution in [0.1, 0.15) is 12.8 Å². The monoisotopic (exact) mass is 151 g/mol. The van der Waals surface area contributed by atoms with E-state index >= 15 is 0 Å². The van der Waals surface area contributed by atoms with Crippen LogP contribution in [0.3, 0.4) is 0 Å². The fourth-order valence-electron chi connectivity index (χ4n) is 1.54. The van der Waals surface area contributed by atoms with Gasteiger partial charge in [0.1, 0.15) is 0 Å². The molecule has 0 bridgehead atoms. The lowest BCUT2D eigenvalue weighted by molar-refractivity contribution is 0.144. The number of nitrogens with zero attached hydrogens (tertiary/aromatic N) is 1. The van der Waals surface area contributed by atoms with E-state index in [1.807, 2.05) is 0 Å². The van der Waals surface area contributed by atoms with Gasteiger partial charge in [-0.2, -0.15) is 0 Å². The summed E-state index contributed by atoms with van der Waals surface area (Å²) >= 11 is 0. The van der Waals surface area contributed by atoms with Crippen LogP contribution < -0.4 is 0 Å². The maximum absolute atomic E-state index is 5.17. The molecule has 0 atom stereocenters.